The molecule has 0 bridgehead atoms. The van der Waals surface area contributed by atoms with Gasteiger partial charge in [-0.05, 0) is 34.2 Å². The summed E-state index contributed by atoms with van der Waals surface area (Å²) in [5, 5.41) is 6.41. The van der Waals surface area contributed by atoms with Crippen molar-refractivity contribution in [1.29, 1.82) is 0 Å². The normalized spacial score (nSPS) is 12.6. The molecule has 4 heteroatoms. The Labute approximate surface area is 66.1 Å². The zero-order valence-corrected chi connectivity index (χ0v) is 8.85. The largest absolute Gasteiger partial charge is 0.334 e. The molecule has 0 saturated heterocycles. The molecule has 0 amide bonds. The summed E-state index contributed by atoms with van der Waals surface area (Å²) in [7, 11) is 8.26. The molecular weight excluding hydrogens is 142 g/mol. The van der Waals surface area contributed by atoms with Gasteiger partial charge in [-0.15, -0.1) is 0 Å². The van der Waals surface area contributed by atoms with Gasteiger partial charge in [-0.1, -0.05) is 0 Å². The molecule has 0 aliphatic rings. The van der Waals surface area contributed by atoms with E-state index in [9.17, 15) is 0 Å². The molecule has 0 aliphatic heterocycles. The molecule has 0 fully saturated rings. The second kappa shape index (κ2) is 5.85. The summed E-state index contributed by atoms with van der Waals surface area (Å²) in [6.45, 7) is 0. The van der Waals surface area contributed by atoms with Gasteiger partial charge in [0, 0.05) is 0 Å². The second-order valence-corrected chi connectivity index (χ2v) is 5.01. The van der Waals surface area contributed by atoms with E-state index in [1.807, 2.05) is 14.1 Å². The maximum absolute atomic E-state index is 3.20. The zero-order chi connectivity index (χ0) is 7.98. The third-order valence-corrected chi connectivity index (χ3v) is 3.29. The predicted molar refractivity (Wildman–Crippen MR) is 48.9 cm³/mol. The molecule has 0 unspecified atom stereocenters. The fraction of sp³-hybridized carbons (Fsp3) is 1.00. The highest BCUT2D eigenvalue weighted by atomic mass is 28.2. The van der Waals surface area contributed by atoms with Gasteiger partial charge in [-0.3, -0.25) is 0 Å². The first-order valence-corrected chi connectivity index (χ1v) is 5.33. The van der Waals surface area contributed by atoms with Gasteiger partial charge in [0.2, 0.25) is 0 Å². The Bertz CT molecular complexity index is 73.4. The van der Waals surface area contributed by atoms with Crippen LogP contribution in [-0.2, 0) is 0 Å². The summed E-state index contributed by atoms with van der Waals surface area (Å²) in [6.07, 6.45) is 0.508. The Morgan fingerprint density at radius 1 is 1.30 bits per heavy atom. The quantitative estimate of drug-likeness (QED) is 0.392. The minimum atomic E-state index is -0.0150. The first-order valence-electron chi connectivity index (χ1n) is 3.70. The lowest BCUT2D eigenvalue weighted by atomic mass is 10.6. The van der Waals surface area contributed by atoms with Crippen molar-refractivity contribution in [3.63, 3.8) is 0 Å². The molecule has 0 atom stereocenters. The minimum absolute atomic E-state index is 0.0150. The molecule has 62 valence electrons. The third kappa shape index (κ3) is 4.93. The molecule has 2 N–H and O–H groups in total. The zero-order valence-electron chi connectivity index (χ0n) is 7.44. The van der Waals surface area contributed by atoms with Crippen LogP contribution in [0, 0.1) is 0 Å². The summed E-state index contributed by atoms with van der Waals surface area (Å²) >= 11 is 0. The summed E-state index contributed by atoms with van der Waals surface area (Å²) in [4.78, 5) is 0. The summed E-state index contributed by atoms with van der Waals surface area (Å²) in [5.41, 5.74) is 0. The maximum atomic E-state index is 3.20. The van der Waals surface area contributed by atoms with Gasteiger partial charge in [0.1, 0.15) is 0 Å². The number of hydrogen-bond donors (Lipinski definition) is 2. The van der Waals surface area contributed by atoms with E-state index in [2.05, 4.69) is 29.3 Å². The molecule has 0 aromatic heterocycles. The number of rotatable bonds is 5. The van der Waals surface area contributed by atoms with Crippen LogP contribution in [0.2, 0.25) is 6.04 Å². The molecule has 10 heavy (non-hydrogen) atoms. The van der Waals surface area contributed by atoms with Crippen LogP contribution in [0.15, 0.2) is 0 Å². The highest BCUT2D eigenvalue weighted by molar-refractivity contribution is 6.31. The first kappa shape index (κ1) is 10.1. The molecule has 0 heterocycles. The van der Waals surface area contributed by atoms with E-state index < -0.39 is 0 Å². The van der Waals surface area contributed by atoms with Crippen LogP contribution in [0.5, 0.6) is 0 Å². The number of nitrogens with one attached hydrogen (secondary N) is 2. The van der Waals surface area contributed by atoms with E-state index in [4.69, 9.17) is 0 Å². The van der Waals surface area contributed by atoms with Crippen LogP contribution in [0.1, 0.15) is 0 Å². The Balaban J connectivity index is 3.26. The van der Waals surface area contributed by atoms with Crippen molar-refractivity contribution in [3.05, 3.63) is 0 Å². The van der Waals surface area contributed by atoms with Gasteiger partial charge in [-0.2, -0.15) is 0 Å². The molecule has 0 aromatic carbocycles. The average molecular weight is 161 g/mol. The first-order chi connectivity index (χ1) is 4.70. The van der Waals surface area contributed by atoms with Gasteiger partial charge >= 0.3 is 0 Å². The van der Waals surface area contributed by atoms with Gasteiger partial charge < -0.3 is 15.2 Å². The van der Waals surface area contributed by atoms with E-state index in [0.29, 0.717) is 6.17 Å². The minimum Gasteiger partial charge on any atom is -0.334 e. The molecule has 3 nitrogen and oxygen atoms in total. The van der Waals surface area contributed by atoms with E-state index >= 15 is 0 Å². The van der Waals surface area contributed by atoms with E-state index in [1.165, 1.54) is 6.04 Å². The maximum Gasteiger partial charge on any atom is 0.0971 e. The van der Waals surface area contributed by atoms with Crippen molar-refractivity contribution >= 4 is 9.68 Å². The van der Waals surface area contributed by atoms with Gasteiger partial charge in [-0.25, -0.2) is 0 Å². The Morgan fingerprint density at radius 2 is 1.80 bits per heavy atom. The molecule has 0 rings (SSSR count). The average Bonchev–Trinajstić information content (AvgIpc) is 1.90. The van der Waals surface area contributed by atoms with E-state index in [0.717, 1.165) is 0 Å². The molecule has 0 aliphatic carbocycles. The Hall–Kier alpha value is 0.0969. The lowest BCUT2D eigenvalue weighted by Gasteiger charge is -2.16. The fourth-order valence-corrected chi connectivity index (χ4v) is 2.17. The molecule has 0 spiro atoms. The highest BCUT2D eigenvalue weighted by Gasteiger charge is 2.01. The molecule has 0 saturated carbocycles. The molecule has 0 radical (unpaired) electrons. The molecular formula is C6H19N3Si. The Morgan fingerprint density at radius 3 is 2.10 bits per heavy atom. The summed E-state index contributed by atoms with van der Waals surface area (Å²) in [6, 6.07) is 1.28. The van der Waals surface area contributed by atoms with Crippen molar-refractivity contribution in [3.8, 4) is 0 Å². The van der Waals surface area contributed by atoms with Crippen LogP contribution in [0.25, 0.3) is 0 Å². The molecule has 0 aromatic rings. The fourth-order valence-electron chi connectivity index (χ4n) is 0.820. The van der Waals surface area contributed by atoms with Crippen molar-refractivity contribution in [1.82, 2.24) is 15.2 Å². The summed E-state index contributed by atoms with van der Waals surface area (Å²) in [5.74, 6) is 0. The van der Waals surface area contributed by atoms with Crippen molar-refractivity contribution in [2.45, 2.75) is 12.2 Å². The third-order valence-electron chi connectivity index (χ3n) is 1.56. The highest BCUT2D eigenvalue weighted by Crippen LogP contribution is 1.85. The lowest BCUT2D eigenvalue weighted by Crippen LogP contribution is -2.40. The SMILES string of the molecule is CNC(C[SiH2]N(C)C)NC. The van der Waals surface area contributed by atoms with Crippen LogP contribution >= 0.6 is 0 Å². The summed E-state index contributed by atoms with van der Waals surface area (Å²) < 4.78 is 2.32. The topological polar surface area (TPSA) is 27.3 Å². The standard InChI is InChI=1S/C6H19N3Si/c1-7-6(8-2)5-10-9(3)4/h6-8H,5,10H2,1-4H3. The van der Waals surface area contributed by atoms with Crippen LogP contribution in [0.3, 0.4) is 0 Å². The smallest absolute Gasteiger partial charge is 0.0971 e. The van der Waals surface area contributed by atoms with E-state index in [-0.39, 0.29) is 9.68 Å². The van der Waals surface area contributed by atoms with Gasteiger partial charge in [0.05, 0.1) is 15.8 Å². The van der Waals surface area contributed by atoms with Crippen LogP contribution in [-0.4, -0.2) is 48.6 Å². The van der Waals surface area contributed by atoms with Crippen molar-refractivity contribution in [2.75, 3.05) is 28.2 Å². The van der Waals surface area contributed by atoms with Gasteiger partial charge in [0.25, 0.3) is 0 Å². The monoisotopic (exact) mass is 161 g/mol. The lowest BCUT2D eigenvalue weighted by molar-refractivity contribution is 0.522. The van der Waals surface area contributed by atoms with Crippen molar-refractivity contribution < 1.29 is 0 Å². The predicted octanol–water partition coefficient (Wildman–Crippen LogP) is -1.18. The number of nitrogens with zero attached hydrogens (tertiary/aromatic N) is 1. The van der Waals surface area contributed by atoms with Crippen LogP contribution < -0.4 is 10.6 Å². The van der Waals surface area contributed by atoms with Crippen molar-refractivity contribution in [2.24, 2.45) is 0 Å². The Kier molecular flexibility index (Phi) is 5.91. The second-order valence-electron chi connectivity index (χ2n) is 2.72. The van der Waals surface area contributed by atoms with Crippen LogP contribution in [0.4, 0.5) is 0 Å². The van der Waals surface area contributed by atoms with Gasteiger partial charge in [0.15, 0.2) is 0 Å². The van der Waals surface area contributed by atoms with E-state index in [1.54, 1.807) is 0 Å². The number of hydrogen-bond acceptors (Lipinski definition) is 3.